The SMILES string of the molecule is Cc1cc(C)n(CC(=O)N2CCN(Cc3ccccc3)C[C@H](O)C2)c(=O)n1. The molecule has 0 unspecified atom stereocenters. The number of aliphatic hydroxyl groups is 1. The normalized spacial score (nSPS) is 18.3. The largest absolute Gasteiger partial charge is 0.390 e. The van der Waals surface area contributed by atoms with Crippen molar-refractivity contribution in [3.8, 4) is 0 Å². The zero-order chi connectivity index (χ0) is 19.4. The predicted molar refractivity (Wildman–Crippen MR) is 102 cm³/mol. The first-order valence-electron chi connectivity index (χ1n) is 9.19. The molecular weight excluding hydrogens is 344 g/mol. The van der Waals surface area contributed by atoms with Crippen LogP contribution in [0, 0.1) is 13.8 Å². The topological polar surface area (TPSA) is 78.7 Å². The summed E-state index contributed by atoms with van der Waals surface area (Å²) < 4.78 is 1.38. The molecule has 1 saturated heterocycles. The van der Waals surface area contributed by atoms with Gasteiger partial charge in [-0.25, -0.2) is 4.79 Å². The maximum absolute atomic E-state index is 12.7. The van der Waals surface area contributed by atoms with E-state index in [-0.39, 0.29) is 19.0 Å². The maximum atomic E-state index is 12.7. The van der Waals surface area contributed by atoms with E-state index in [1.54, 1.807) is 24.8 Å². The number of aromatic nitrogens is 2. The standard InChI is InChI=1S/C20H26N4O3/c1-15-10-16(2)24(20(27)21-15)14-19(26)23-9-8-22(12-18(25)13-23)11-17-6-4-3-5-7-17/h3-7,10,18,25H,8-9,11-14H2,1-2H3/t18-/m0/s1. The van der Waals surface area contributed by atoms with Crippen LogP contribution in [0.5, 0.6) is 0 Å². The first-order chi connectivity index (χ1) is 12.9. The van der Waals surface area contributed by atoms with Crippen molar-refractivity contribution in [3.05, 3.63) is 63.8 Å². The Morgan fingerprint density at radius 1 is 1.19 bits per heavy atom. The van der Waals surface area contributed by atoms with Crippen LogP contribution in [0.4, 0.5) is 0 Å². The number of aryl methyl sites for hydroxylation is 2. The van der Waals surface area contributed by atoms with Crippen LogP contribution in [0.25, 0.3) is 0 Å². The fraction of sp³-hybridized carbons (Fsp3) is 0.450. The average Bonchev–Trinajstić information content (AvgIpc) is 2.80. The summed E-state index contributed by atoms with van der Waals surface area (Å²) in [7, 11) is 0. The lowest BCUT2D eigenvalue weighted by Gasteiger charge is -2.22. The molecule has 1 aromatic heterocycles. The lowest BCUT2D eigenvalue weighted by molar-refractivity contribution is -0.132. The molecule has 7 nitrogen and oxygen atoms in total. The van der Waals surface area contributed by atoms with E-state index in [9.17, 15) is 14.7 Å². The molecule has 1 atom stereocenters. The highest BCUT2D eigenvalue weighted by molar-refractivity contribution is 5.76. The molecule has 0 spiro atoms. The van der Waals surface area contributed by atoms with E-state index in [1.165, 1.54) is 10.1 Å². The summed E-state index contributed by atoms with van der Waals surface area (Å²) in [6.07, 6.45) is -0.617. The number of β-amino-alcohol motifs (C(OH)–C–C–N with tert-alkyl or cyclic N) is 1. The molecule has 144 valence electrons. The molecule has 0 aliphatic carbocycles. The number of nitrogens with zero attached hydrogens (tertiary/aromatic N) is 4. The first-order valence-corrected chi connectivity index (χ1v) is 9.19. The van der Waals surface area contributed by atoms with Gasteiger partial charge in [0.1, 0.15) is 6.54 Å². The second kappa shape index (κ2) is 8.45. The van der Waals surface area contributed by atoms with E-state index in [4.69, 9.17) is 0 Å². The Labute approximate surface area is 158 Å². The third kappa shape index (κ3) is 5.02. The van der Waals surface area contributed by atoms with Crippen molar-refractivity contribution >= 4 is 5.91 Å². The van der Waals surface area contributed by atoms with Gasteiger partial charge in [-0.15, -0.1) is 0 Å². The van der Waals surface area contributed by atoms with Gasteiger partial charge in [-0.3, -0.25) is 14.3 Å². The van der Waals surface area contributed by atoms with Crippen LogP contribution < -0.4 is 5.69 Å². The average molecular weight is 370 g/mol. The molecule has 0 bridgehead atoms. The highest BCUT2D eigenvalue weighted by atomic mass is 16.3. The van der Waals surface area contributed by atoms with E-state index >= 15 is 0 Å². The van der Waals surface area contributed by atoms with Crippen LogP contribution >= 0.6 is 0 Å². The van der Waals surface area contributed by atoms with Crippen LogP contribution in [-0.2, 0) is 17.9 Å². The van der Waals surface area contributed by atoms with Crippen molar-refractivity contribution in [2.75, 3.05) is 26.2 Å². The Kier molecular flexibility index (Phi) is 6.03. The Morgan fingerprint density at radius 3 is 2.63 bits per heavy atom. The Bertz CT molecular complexity index is 850. The first kappa shape index (κ1) is 19.3. The quantitative estimate of drug-likeness (QED) is 0.851. The zero-order valence-corrected chi connectivity index (χ0v) is 15.8. The zero-order valence-electron chi connectivity index (χ0n) is 15.8. The van der Waals surface area contributed by atoms with E-state index in [0.717, 1.165) is 6.54 Å². The molecule has 7 heteroatoms. The van der Waals surface area contributed by atoms with Gasteiger partial charge in [-0.05, 0) is 25.5 Å². The van der Waals surface area contributed by atoms with Crippen LogP contribution in [0.15, 0.2) is 41.2 Å². The second-order valence-electron chi connectivity index (χ2n) is 7.12. The minimum absolute atomic E-state index is 0.0522. The van der Waals surface area contributed by atoms with E-state index in [2.05, 4.69) is 22.0 Å². The Hall–Kier alpha value is -2.51. The van der Waals surface area contributed by atoms with Gasteiger partial charge < -0.3 is 10.0 Å². The molecule has 0 radical (unpaired) electrons. The molecule has 2 heterocycles. The van der Waals surface area contributed by atoms with Gasteiger partial charge in [-0.2, -0.15) is 4.98 Å². The molecule has 1 aromatic carbocycles. The number of hydrogen-bond acceptors (Lipinski definition) is 5. The number of amides is 1. The molecule has 0 saturated carbocycles. The Morgan fingerprint density at radius 2 is 1.93 bits per heavy atom. The smallest absolute Gasteiger partial charge is 0.348 e. The highest BCUT2D eigenvalue weighted by Gasteiger charge is 2.25. The fourth-order valence-corrected chi connectivity index (χ4v) is 3.47. The summed E-state index contributed by atoms with van der Waals surface area (Å²) in [4.78, 5) is 32.5. The van der Waals surface area contributed by atoms with Crippen molar-refractivity contribution in [2.45, 2.75) is 33.0 Å². The summed E-state index contributed by atoms with van der Waals surface area (Å²) >= 11 is 0. The van der Waals surface area contributed by atoms with Crippen molar-refractivity contribution in [2.24, 2.45) is 0 Å². The minimum atomic E-state index is -0.617. The van der Waals surface area contributed by atoms with Gasteiger partial charge in [0.05, 0.1) is 6.10 Å². The van der Waals surface area contributed by atoms with E-state index in [1.807, 2.05) is 18.2 Å². The van der Waals surface area contributed by atoms with Gasteiger partial charge in [-0.1, -0.05) is 30.3 Å². The lowest BCUT2D eigenvalue weighted by Crippen LogP contribution is -2.41. The molecule has 3 rings (SSSR count). The maximum Gasteiger partial charge on any atom is 0.348 e. The summed E-state index contributed by atoms with van der Waals surface area (Å²) in [5.41, 5.74) is 2.11. The van der Waals surface area contributed by atoms with Crippen LogP contribution in [-0.4, -0.2) is 62.6 Å². The summed E-state index contributed by atoms with van der Waals surface area (Å²) in [6, 6.07) is 11.9. The van der Waals surface area contributed by atoms with Crippen LogP contribution in [0.3, 0.4) is 0 Å². The van der Waals surface area contributed by atoms with Gasteiger partial charge in [0.15, 0.2) is 0 Å². The highest BCUT2D eigenvalue weighted by Crippen LogP contribution is 2.10. The third-order valence-electron chi connectivity index (χ3n) is 4.83. The van der Waals surface area contributed by atoms with Crippen molar-refractivity contribution in [1.82, 2.24) is 19.4 Å². The number of hydrogen-bond donors (Lipinski definition) is 1. The number of carbonyl (C=O) groups is 1. The van der Waals surface area contributed by atoms with Gasteiger partial charge >= 0.3 is 5.69 Å². The second-order valence-corrected chi connectivity index (χ2v) is 7.12. The third-order valence-corrected chi connectivity index (χ3v) is 4.83. The molecule has 2 aromatic rings. The van der Waals surface area contributed by atoms with Crippen molar-refractivity contribution in [3.63, 3.8) is 0 Å². The summed E-state index contributed by atoms with van der Waals surface area (Å²) in [5, 5.41) is 10.4. The molecule has 1 fully saturated rings. The predicted octanol–water partition coefficient (Wildman–Crippen LogP) is 0.565. The molecule has 1 amide bonds. The molecule has 1 N–H and O–H groups in total. The van der Waals surface area contributed by atoms with Crippen LogP contribution in [0.1, 0.15) is 17.0 Å². The van der Waals surface area contributed by atoms with Crippen LogP contribution in [0.2, 0.25) is 0 Å². The fourth-order valence-electron chi connectivity index (χ4n) is 3.47. The number of rotatable bonds is 4. The van der Waals surface area contributed by atoms with Crippen molar-refractivity contribution < 1.29 is 9.90 Å². The Balaban J connectivity index is 1.65. The van der Waals surface area contributed by atoms with E-state index in [0.29, 0.717) is 31.0 Å². The van der Waals surface area contributed by atoms with Gasteiger partial charge in [0.2, 0.25) is 5.91 Å². The summed E-state index contributed by atoms with van der Waals surface area (Å²) in [5.74, 6) is -0.175. The number of carbonyl (C=O) groups excluding carboxylic acids is 1. The number of aliphatic hydroxyl groups excluding tert-OH is 1. The van der Waals surface area contributed by atoms with Gasteiger partial charge in [0, 0.05) is 44.1 Å². The monoisotopic (exact) mass is 370 g/mol. The molecule has 1 aliphatic rings. The van der Waals surface area contributed by atoms with Gasteiger partial charge in [0.25, 0.3) is 0 Å². The molecular formula is C20H26N4O3. The number of benzene rings is 1. The molecule has 27 heavy (non-hydrogen) atoms. The lowest BCUT2D eigenvalue weighted by atomic mass is 10.2. The van der Waals surface area contributed by atoms with E-state index < -0.39 is 11.8 Å². The van der Waals surface area contributed by atoms with Crippen molar-refractivity contribution in [1.29, 1.82) is 0 Å². The summed E-state index contributed by atoms with van der Waals surface area (Å²) in [6.45, 7) is 6.23. The molecule has 1 aliphatic heterocycles. The minimum Gasteiger partial charge on any atom is -0.390 e.